The van der Waals surface area contributed by atoms with E-state index in [1.807, 2.05) is 6.07 Å². The van der Waals surface area contributed by atoms with Crippen LogP contribution in [0.4, 0.5) is 0 Å². The molecule has 2 rings (SSSR count). The minimum Gasteiger partial charge on any atom is -0.300 e. The van der Waals surface area contributed by atoms with E-state index in [0.717, 1.165) is 31.2 Å². The zero-order valence-corrected chi connectivity index (χ0v) is 11.6. The smallest absolute Gasteiger partial charge is 0.129 e. The number of carbonyl (C=O) groups excluding carboxylic acids is 1. The lowest BCUT2D eigenvalue weighted by atomic mass is 10.1. The number of fused-ring (bicyclic) bond motifs is 1. The van der Waals surface area contributed by atoms with Crippen LogP contribution < -0.4 is 0 Å². The highest BCUT2D eigenvalue weighted by molar-refractivity contribution is 7.18. The second-order valence-corrected chi connectivity index (χ2v) is 5.81. The maximum Gasteiger partial charge on any atom is 0.129 e. The number of aromatic nitrogens is 1. The number of ketones is 1. The molecule has 0 aliphatic heterocycles. The molecular weight excluding hydrogens is 242 g/mol. The summed E-state index contributed by atoms with van der Waals surface area (Å²) in [5.41, 5.74) is 1.12. The van der Waals surface area contributed by atoms with E-state index in [4.69, 9.17) is 0 Å². The highest BCUT2D eigenvalue weighted by Gasteiger charge is 2.02. The Bertz CT molecular complexity index is 485. The van der Waals surface area contributed by atoms with E-state index in [9.17, 15) is 4.79 Å². The highest BCUT2D eigenvalue weighted by atomic mass is 32.1. The van der Waals surface area contributed by atoms with Crippen molar-refractivity contribution < 1.29 is 4.79 Å². The van der Waals surface area contributed by atoms with E-state index < -0.39 is 0 Å². The van der Waals surface area contributed by atoms with Crippen molar-refractivity contribution in [1.29, 1.82) is 0 Å². The minimum absolute atomic E-state index is 0.307. The Kier molecular flexibility index (Phi) is 4.88. The number of hydrogen-bond acceptors (Lipinski definition) is 3. The molecule has 0 N–H and O–H groups in total. The van der Waals surface area contributed by atoms with Crippen molar-refractivity contribution in [2.24, 2.45) is 0 Å². The van der Waals surface area contributed by atoms with Crippen LogP contribution in [0.2, 0.25) is 0 Å². The Morgan fingerprint density at radius 2 is 1.94 bits per heavy atom. The molecule has 2 aromatic rings. The summed E-state index contributed by atoms with van der Waals surface area (Å²) in [7, 11) is 0. The van der Waals surface area contributed by atoms with Gasteiger partial charge in [0.15, 0.2) is 0 Å². The van der Waals surface area contributed by atoms with E-state index in [0.29, 0.717) is 5.78 Å². The number of nitrogens with zero attached hydrogens (tertiary/aromatic N) is 1. The average Bonchev–Trinajstić information content (AvgIpc) is 2.75. The van der Waals surface area contributed by atoms with Gasteiger partial charge in [0.1, 0.15) is 5.78 Å². The molecule has 2 nitrogen and oxygen atoms in total. The van der Waals surface area contributed by atoms with Gasteiger partial charge in [0.05, 0.1) is 15.2 Å². The first-order chi connectivity index (χ1) is 8.75. The Morgan fingerprint density at radius 3 is 2.72 bits per heavy atom. The molecule has 0 unspecified atom stereocenters. The van der Waals surface area contributed by atoms with Crippen LogP contribution in [-0.4, -0.2) is 10.8 Å². The van der Waals surface area contributed by atoms with Gasteiger partial charge in [-0.3, -0.25) is 0 Å². The van der Waals surface area contributed by atoms with Crippen molar-refractivity contribution in [3.8, 4) is 0 Å². The lowest BCUT2D eigenvalue weighted by Crippen LogP contribution is -1.90. The normalized spacial score (nSPS) is 10.9. The minimum atomic E-state index is 0.307. The molecule has 3 heteroatoms. The maximum absolute atomic E-state index is 10.8. The number of hydrogen-bond donors (Lipinski definition) is 0. The molecule has 0 saturated carbocycles. The number of carbonyl (C=O) groups is 1. The van der Waals surface area contributed by atoms with Crippen molar-refractivity contribution in [3.63, 3.8) is 0 Å². The SMILES string of the molecule is CC(=O)CCCCCCc1nc2ccccc2s1. The van der Waals surface area contributed by atoms with E-state index in [-0.39, 0.29) is 0 Å². The van der Waals surface area contributed by atoms with Crippen LogP contribution in [0.1, 0.15) is 44.0 Å². The van der Waals surface area contributed by atoms with Crippen LogP contribution in [0.3, 0.4) is 0 Å². The molecular formula is C15H19NOS. The first-order valence-corrected chi connectivity index (χ1v) is 7.41. The van der Waals surface area contributed by atoms with E-state index in [2.05, 4.69) is 23.2 Å². The van der Waals surface area contributed by atoms with Gasteiger partial charge in [-0.1, -0.05) is 25.0 Å². The number of benzene rings is 1. The molecule has 18 heavy (non-hydrogen) atoms. The van der Waals surface area contributed by atoms with Crippen molar-refractivity contribution in [1.82, 2.24) is 4.98 Å². The summed E-state index contributed by atoms with van der Waals surface area (Å²) < 4.78 is 1.28. The van der Waals surface area contributed by atoms with Gasteiger partial charge in [-0.25, -0.2) is 4.98 Å². The topological polar surface area (TPSA) is 30.0 Å². The van der Waals surface area contributed by atoms with Gasteiger partial charge in [-0.05, 0) is 38.3 Å². The van der Waals surface area contributed by atoms with Crippen LogP contribution in [0.25, 0.3) is 10.2 Å². The first-order valence-electron chi connectivity index (χ1n) is 6.59. The molecule has 1 aromatic heterocycles. The summed E-state index contributed by atoms with van der Waals surface area (Å²) in [6.45, 7) is 1.67. The summed E-state index contributed by atoms with van der Waals surface area (Å²) >= 11 is 1.80. The molecule has 96 valence electrons. The number of rotatable bonds is 7. The largest absolute Gasteiger partial charge is 0.300 e. The summed E-state index contributed by atoms with van der Waals surface area (Å²) in [6.07, 6.45) is 6.38. The standard InChI is InChI=1S/C15H19NOS/c1-12(17)8-4-2-3-5-11-15-16-13-9-6-7-10-14(13)18-15/h6-7,9-10H,2-5,8,11H2,1H3. The maximum atomic E-state index is 10.8. The Morgan fingerprint density at radius 1 is 1.17 bits per heavy atom. The summed E-state index contributed by atoms with van der Waals surface area (Å²) in [6, 6.07) is 8.30. The molecule has 1 heterocycles. The lowest BCUT2D eigenvalue weighted by molar-refractivity contribution is -0.117. The quantitative estimate of drug-likeness (QED) is 0.692. The van der Waals surface area contributed by atoms with Gasteiger partial charge < -0.3 is 4.79 Å². The number of Topliss-reactive ketones (excluding diaryl/α,β-unsaturated/α-hetero) is 1. The van der Waals surface area contributed by atoms with Crippen LogP contribution in [0, 0.1) is 0 Å². The van der Waals surface area contributed by atoms with Crippen molar-refractivity contribution in [3.05, 3.63) is 29.3 Å². The molecule has 0 aliphatic rings. The zero-order valence-electron chi connectivity index (χ0n) is 10.8. The van der Waals surface area contributed by atoms with E-state index in [1.165, 1.54) is 22.5 Å². The molecule has 0 saturated heterocycles. The monoisotopic (exact) mass is 261 g/mol. The summed E-state index contributed by atoms with van der Waals surface area (Å²) in [5.74, 6) is 0.307. The zero-order chi connectivity index (χ0) is 12.8. The third kappa shape index (κ3) is 3.91. The van der Waals surface area contributed by atoms with Crippen LogP contribution >= 0.6 is 11.3 Å². The first kappa shape index (κ1) is 13.2. The van der Waals surface area contributed by atoms with Crippen molar-refractivity contribution in [2.45, 2.75) is 45.4 Å². The Balaban J connectivity index is 1.72. The Hall–Kier alpha value is -1.22. The van der Waals surface area contributed by atoms with Gasteiger partial charge >= 0.3 is 0 Å². The van der Waals surface area contributed by atoms with Gasteiger partial charge in [0.2, 0.25) is 0 Å². The van der Waals surface area contributed by atoms with Gasteiger partial charge in [-0.2, -0.15) is 0 Å². The highest BCUT2D eigenvalue weighted by Crippen LogP contribution is 2.23. The summed E-state index contributed by atoms with van der Waals surface area (Å²) in [5, 5.41) is 1.24. The second-order valence-electron chi connectivity index (χ2n) is 4.69. The second kappa shape index (κ2) is 6.64. The third-order valence-electron chi connectivity index (χ3n) is 3.01. The van der Waals surface area contributed by atoms with Gasteiger partial charge in [0, 0.05) is 6.42 Å². The van der Waals surface area contributed by atoms with Crippen LogP contribution in [0.15, 0.2) is 24.3 Å². The predicted molar refractivity (Wildman–Crippen MR) is 77.1 cm³/mol. The molecule has 0 bridgehead atoms. The molecule has 0 aliphatic carbocycles. The molecule has 0 atom stereocenters. The van der Waals surface area contributed by atoms with Crippen molar-refractivity contribution >= 4 is 27.3 Å². The van der Waals surface area contributed by atoms with Crippen LogP contribution in [0.5, 0.6) is 0 Å². The molecule has 0 radical (unpaired) electrons. The molecule has 0 amide bonds. The number of thiazole rings is 1. The average molecular weight is 261 g/mol. The molecule has 1 aromatic carbocycles. The third-order valence-corrected chi connectivity index (χ3v) is 4.10. The molecule has 0 spiro atoms. The number of para-hydroxylation sites is 1. The fourth-order valence-corrected chi connectivity index (χ4v) is 3.04. The van der Waals surface area contributed by atoms with E-state index in [1.54, 1.807) is 18.3 Å². The van der Waals surface area contributed by atoms with E-state index >= 15 is 0 Å². The number of unbranched alkanes of at least 4 members (excludes halogenated alkanes) is 3. The number of aryl methyl sites for hydroxylation is 1. The van der Waals surface area contributed by atoms with Gasteiger partial charge in [0.25, 0.3) is 0 Å². The fraction of sp³-hybridized carbons (Fsp3) is 0.467. The van der Waals surface area contributed by atoms with Crippen molar-refractivity contribution in [2.75, 3.05) is 0 Å². The predicted octanol–water partition coefficient (Wildman–Crippen LogP) is 4.38. The lowest BCUT2D eigenvalue weighted by Gasteiger charge is -1.98. The summed E-state index contributed by atoms with van der Waals surface area (Å²) in [4.78, 5) is 15.4. The molecule has 0 fully saturated rings. The van der Waals surface area contributed by atoms with Gasteiger partial charge in [-0.15, -0.1) is 11.3 Å². The van der Waals surface area contributed by atoms with Crippen LogP contribution in [-0.2, 0) is 11.2 Å². The Labute approximate surface area is 112 Å². The fourth-order valence-electron chi connectivity index (χ4n) is 2.03.